The summed E-state index contributed by atoms with van der Waals surface area (Å²) in [7, 11) is 1.50. The Kier molecular flexibility index (Phi) is 3.64. The lowest BCUT2D eigenvalue weighted by Gasteiger charge is -2.12. The van der Waals surface area contributed by atoms with E-state index in [0.717, 1.165) is 24.8 Å². The maximum absolute atomic E-state index is 13.1. The minimum Gasteiger partial charge on any atom is -0.390 e. The summed E-state index contributed by atoms with van der Waals surface area (Å²) in [6.45, 7) is 0. The Morgan fingerprint density at radius 2 is 2.12 bits per heavy atom. The first-order chi connectivity index (χ1) is 11.9. The summed E-state index contributed by atoms with van der Waals surface area (Å²) in [5.41, 5.74) is 0.361. The minimum atomic E-state index is -2.81. The van der Waals surface area contributed by atoms with Gasteiger partial charge in [0.1, 0.15) is 5.69 Å². The number of carbonyl (C=O) groups is 1. The number of aromatic nitrogens is 2. The zero-order chi connectivity index (χ0) is 17.8. The molecule has 0 unspecified atom stereocenters. The molecule has 25 heavy (non-hydrogen) atoms. The Morgan fingerprint density at radius 3 is 2.80 bits per heavy atom. The standard InChI is InChI=1S/C18H19F2N3O2/c1-23-9-12(15(22-23)16(19)20)17(24)21-14-5-3-2-4-10(14)11-8-13(11)18(25)6-7-18/h2-5,9,11,13,16,25H,6-8H2,1H3,(H,21,24)/t11-,13+/m1/s1. The molecule has 0 spiro atoms. The fourth-order valence-electron chi connectivity index (χ4n) is 3.60. The Hall–Kier alpha value is -2.28. The maximum Gasteiger partial charge on any atom is 0.282 e. The number of rotatable bonds is 5. The van der Waals surface area contributed by atoms with E-state index in [0.29, 0.717) is 5.69 Å². The van der Waals surface area contributed by atoms with E-state index in [1.54, 1.807) is 12.1 Å². The number of alkyl halides is 2. The third-order valence-corrected chi connectivity index (χ3v) is 5.16. The average Bonchev–Trinajstić information content (AvgIpc) is 3.47. The van der Waals surface area contributed by atoms with Crippen LogP contribution in [0.4, 0.5) is 14.5 Å². The number of nitrogens with one attached hydrogen (secondary N) is 1. The van der Waals surface area contributed by atoms with Gasteiger partial charge in [0.2, 0.25) is 0 Å². The van der Waals surface area contributed by atoms with Crippen LogP contribution < -0.4 is 5.32 Å². The quantitative estimate of drug-likeness (QED) is 0.873. The van der Waals surface area contributed by atoms with Gasteiger partial charge in [-0.15, -0.1) is 0 Å². The summed E-state index contributed by atoms with van der Waals surface area (Å²) in [6.07, 6.45) is 1.03. The zero-order valence-electron chi connectivity index (χ0n) is 13.7. The van der Waals surface area contributed by atoms with Crippen LogP contribution in [-0.4, -0.2) is 26.4 Å². The molecule has 2 N–H and O–H groups in total. The second kappa shape index (κ2) is 5.62. The number of aliphatic hydroxyl groups is 1. The molecule has 0 saturated heterocycles. The maximum atomic E-state index is 13.1. The van der Waals surface area contributed by atoms with Crippen molar-refractivity contribution in [1.82, 2.24) is 9.78 Å². The van der Waals surface area contributed by atoms with Gasteiger partial charge in [-0.25, -0.2) is 8.78 Å². The van der Waals surface area contributed by atoms with Crippen LogP contribution >= 0.6 is 0 Å². The van der Waals surface area contributed by atoms with Gasteiger partial charge in [0.15, 0.2) is 0 Å². The number of hydrogen-bond donors (Lipinski definition) is 2. The summed E-state index contributed by atoms with van der Waals surface area (Å²) in [5.74, 6) is -0.175. The molecule has 1 aromatic carbocycles. The molecule has 1 aromatic heterocycles. The number of halogens is 2. The predicted molar refractivity (Wildman–Crippen MR) is 87.6 cm³/mol. The number of hydrogen-bond acceptors (Lipinski definition) is 3. The molecule has 0 bridgehead atoms. The van der Waals surface area contributed by atoms with Crippen LogP contribution in [0.25, 0.3) is 0 Å². The number of para-hydroxylation sites is 1. The first kappa shape index (κ1) is 16.2. The molecule has 1 heterocycles. The SMILES string of the molecule is Cn1cc(C(=O)Nc2ccccc2[C@H]2C[C@@H]2C2(O)CC2)c(C(F)F)n1. The number of amides is 1. The zero-order valence-corrected chi connectivity index (χ0v) is 13.7. The fraction of sp³-hybridized carbons (Fsp3) is 0.444. The van der Waals surface area contributed by atoms with Crippen molar-refractivity contribution in [2.45, 2.75) is 37.2 Å². The first-order valence-electron chi connectivity index (χ1n) is 8.33. The van der Waals surface area contributed by atoms with Crippen molar-refractivity contribution in [1.29, 1.82) is 0 Å². The summed E-state index contributed by atoms with van der Waals surface area (Å²) in [5, 5.41) is 16.7. The molecule has 4 rings (SSSR count). The molecular formula is C18H19F2N3O2. The van der Waals surface area contributed by atoms with Gasteiger partial charge in [0.25, 0.3) is 12.3 Å². The Balaban J connectivity index is 1.57. The van der Waals surface area contributed by atoms with E-state index in [1.165, 1.54) is 17.9 Å². The Labute approximate surface area is 143 Å². The van der Waals surface area contributed by atoms with Crippen molar-refractivity contribution in [3.05, 3.63) is 47.3 Å². The lowest BCUT2D eigenvalue weighted by atomic mass is 10.0. The largest absolute Gasteiger partial charge is 0.390 e. The molecule has 2 aromatic rings. The van der Waals surface area contributed by atoms with Gasteiger partial charge in [-0.2, -0.15) is 5.10 Å². The van der Waals surface area contributed by atoms with Crippen molar-refractivity contribution >= 4 is 11.6 Å². The van der Waals surface area contributed by atoms with Crippen LogP contribution in [0.2, 0.25) is 0 Å². The molecule has 0 aliphatic heterocycles. The molecule has 5 nitrogen and oxygen atoms in total. The van der Waals surface area contributed by atoms with Crippen LogP contribution in [0.3, 0.4) is 0 Å². The van der Waals surface area contributed by atoms with E-state index >= 15 is 0 Å². The lowest BCUT2D eigenvalue weighted by molar-refractivity contribution is 0.101. The van der Waals surface area contributed by atoms with Crippen LogP contribution in [0.15, 0.2) is 30.5 Å². The van der Waals surface area contributed by atoms with Crippen LogP contribution in [0.1, 0.15) is 53.2 Å². The number of aryl methyl sites for hydroxylation is 1. The molecule has 2 fully saturated rings. The van der Waals surface area contributed by atoms with E-state index in [4.69, 9.17) is 0 Å². The van der Waals surface area contributed by atoms with Crippen molar-refractivity contribution < 1.29 is 18.7 Å². The summed E-state index contributed by atoms with van der Waals surface area (Å²) in [6, 6.07) is 7.35. The van der Waals surface area contributed by atoms with E-state index in [2.05, 4.69) is 10.4 Å². The molecule has 0 radical (unpaired) electrons. The number of nitrogens with zero attached hydrogens (tertiary/aromatic N) is 2. The second-order valence-corrected chi connectivity index (χ2v) is 7.00. The normalized spacial score (nSPS) is 23.6. The monoisotopic (exact) mass is 347 g/mol. The van der Waals surface area contributed by atoms with Crippen molar-refractivity contribution in [2.75, 3.05) is 5.32 Å². The highest BCUT2D eigenvalue weighted by molar-refractivity contribution is 6.05. The second-order valence-electron chi connectivity index (χ2n) is 7.00. The van der Waals surface area contributed by atoms with Crippen molar-refractivity contribution in [3.8, 4) is 0 Å². The topological polar surface area (TPSA) is 67.2 Å². The van der Waals surface area contributed by atoms with E-state index in [9.17, 15) is 18.7 Å². The van der Waals surface area contributed by atoms with Gasteiger partial charge in [-0.3, -0.25) is 9.48 Å². The number of benzene rings is 1. The van der Waals surface area contributed by atoms with Gasteiger partial charge in [0.05, 0.1) is 11.2 Å². The molecule has 7 heteroatoms. The van der Waals surface area contributed by atoms with Gasteiger partial charge in [-0.1, -0.05) is 18.2 Å². The van der Waals surface area contributed by atoms with Crippen molar-refractivity contribution in [2.24, 2.45) is 13.0 Å². The Morgan fingerprint density at radius 1 is 1.40 bits per heavy atom. The van der Waals surface area contributed by atoms with E-state index < -0.39 is 23.6 Å². The number of carbonyl (C=O) groups excluding carboxylic acids is 1. The average molecular weight is 347 g/mol. The fourth-order valence-corrected chi connectivity index (χ4v) is 3.60. The molecule has 2 aliphatic rings. The van der Waals surface area contributed by atoms with E-state index in [-0.39, 0.29) is 17.4 Å². The van der Waals surface area contributed by atoms with Crippen molar-refractivity contribution in [3.63, 3.8) is 0 Å². The van der Waals surface area contributed by atoms with Gasteiger partial charge in [0, 0.05) is 18.9 Å². The smallest absolute Gasteiger partial charge is 0.282 e. The molecule has 2 atom stereocenters. The first-order valence-corrected chi connectivity index (χ1v) is 8.33. The molecule has 1 amide bonds. The predicted octanol–water partition coefficient (Wildman–Crippen LogP) is 3.24. The lowest BCUT2D eigenvalue weighted by Crippen LogP contribution is -2.15. The molecule has 2 saturated carbocycles. The molecular weight excluding hydrogens is 328 g/mol. The highest BCUT2D eigenvalue weighted by atomic mass is 19.3. The van der Waals surface area contributed by atoms with Gasteiger partial charge >= 0.3 is 0 Å². The minimum absolute atomic E-state index is 0.125. The Bertz CT molecular complexity index is 829. The number of anilines is 1. The van der Waals surface area contributed by atoms with Gasteiger partial charge < -0.3 is 10.4 Å². The third kappa shape index (κ3) is 2.93. The van der Waals surface area contributed by atoms with E-state index in [1.807, 2.05) is 12.1 Å². The molecule has 132 valence electrons. The summed E-state index contributed by atoms with van der Waals surface area (Å²) < 4.78 is 27.3. The summed E-state index contributed by atoms with van der Waals surface area (Å²) in [4.78, 5) is 12.5. The van der Waals surface area contributed by atoms with Crippen LogP contribution in [0.5, 0.6) is 0 Å². The van der Waals surface area contributed by atoms with Crippen LogP contribution in [0, 0.1) is 5.92 Å². The van der Waals surface area contributed by atoms with Gasteiger partial charge in [-0.05, 0) is 42.7 Å². The highest BCUT2D eigenvalue weighted by Crippen LogP contribution is 2.62. The summed E-state index contributed by atoms with van der Waals surface area (Å²) >= 11 is 0. The molecule has 2 aliphatic carbocycles. The van der Waals surface area contributed by atoms with Crippen LogP contribution in [-0.2, 0) is 7.05 Å². The third-order valence-electron chi connectivity index (χ3n) is 5.16. The highest BCUT2D eigenvalue weighted by Gasteiger charge is 2.59.